The molecule has 2 N–H and O–H groups in total. The first-order valence-corrected chi connectivity index (χ1v) is 6.61. The van der Waals surface area contributed by atoms with Crippen LogP contribution in [0, 0.1) is 5.92 Å². The molecular weight excluding hydrogens is 214 g/mol. The monoisotopic (exact) mass is 243 g/mol. The molecule has 0 fully saturated rings. The van der Waals surface area contributed by atoms with Crippen LogP contribution in [-0.2, 0) is 4.79 Å². The van der Waals surface area contributed by atoms with Gasteiger partial charge in [0.25, 0.3) is 0 Å². The molecule has 0 rings (SSSR count). The third kappa shape index (κ3) is 10.3. The quantitative estimate of drug-likeness (QED) is 0.596. The minimum absolute atomic E-state index is 0.0934. The van der Waals surface area contributed by atoms with Gasteiger partial charge in [-0.1, -0.05) is 13.8 Å². The van der Waals surface area contributed by atoms with Crippen molar-refractivity contribution in [3.8, 4) is 0 Å². The summed E-state index contributed by atoms with van der Waals surface area (Å²) >= 11 is 0. The average Bonchev–Trinajstić information content (AvgIpc) is 2.25. The van der Waals surface area contributed by atoms with E-state index in [1.807, 2.05) is 0 Å². The molecule has 0 saturated heterocycles. The maximum Gasteiger partial charge on any atom is 0.233 e. The van der Waals surface area contributed by atoms with E-state index in [-0.39, 0.29) is 5.91 Å². The molecule has 0 aliphatic rings. The van der Waals surface area contributed by atoms with Gasteiger partial charge in [0.05, 0.1) is 6.54 Å². The Morgan fingerprint density at radius 3 is 2.41 bits per heavy atom. The molecule has 102 valence electrons. The van der Waals surface area contributed by atoms with E-state index in [9.17, 15) is 4.79 Å². The van der Waals surface area contributed by atoms with Gasteiger partial charge in [0.1, 0.15) is 0 Å². The molecule has 0 aliphatic heterocycles. The second-order valence-corrected chi connectivity index (χ2v) is 5.30. The predicted molar refractivity (Wildman–Crippen MR) is 73.1 cm³/mol. The first-order valence-electron chi connectivity index (χ1n) is 6.61. The third-order valence-electron chi connectivity index (χ3n) is 2.74. The van der Waals surface area contributed by atoms with Crippen LogP contribution in [0.3, 0.4) is 0 Å². The maximum atomic E-state index is 11.4. The summed E-state index contributed by atoms with van der Waals surface area (Å²) in [7, 11) is 2.13. The highest BCUT2D eigenvalue weighted by molar-refractivity contribution is 5.77. The lowest BCUT2D eigenvalue weighted by Crippen LogP contribution is -2.37. The van der Waals surface area contributed by atoms with Crippen molar-refractivity contribution in [2.24, 2.45) is 5.92 Å². The van der Waals surface area contributed by atoms with Gasteiger partial charge in [-0.3, -0.25) is 4.79 Å². The van der Waals surface area contributed by atoms with Crippen molar-refractivity contribution in [3.05, 3.63) is 0 Å². The lowest BCUT2D eigenvalue weighted by Gasteiger charge is -2.20. The number of rotatable bonds is 9. The van der Waals surface area contributed by atoms with Gasteiger partial charge in [0.15, 0.2) is 0 Å². The van der Waals surface area contributed by atoms with Gasteiger partial charge in [-0.05, 0) is 46.3 Å². The van der Waals surface area contributed by atoms with E-state index in [2.05, 4.69) is 50.3 Å². The highest BCUT2D eigenvalue weighted by Crippen LogP contribution is 1.93. The van der Waals surface area contributed by atoms with Crippen LogP contribution < -0.4 is 10.6 Å². The Kier molecular flexibility index (Phi) is 9.09. The summed E-state index contributed by atoms with van der Waals surface area (Å²) in [5.41, 5.74) is 0. The van der Waals surface area contributed by atoms with Gasteiger partial charge in [-0.15, -0.1) is 0 Å². The fourth-order valence-electron chi connectivity index (χ4n) is 1.29. The summed E-state index contributed by atoms with van der Waals surface area (Å²) in [5.74, 6) is 0.606. The molecule has 0 aliphatic carbocycles. The number of carbonyl (C=O) groups excluding carboxylic acids is 1. The second kappa shape index (κ2) is 9.42. The van der Waals surface area contributed by atoms with Gasteiger partial charge < -0.3 is 15.5 Å². The molecule has 0 bridgehead atoms. The van der Waals surface area contributed by atoms with Crippen molar-refractivity contribution >= 4 is 5.91 Å². The van der Waals surface area contributed by atoms with Crippen molar-refractivity contribution in [1.29, 1.82) is 0 Å². The summed E-state index contributed by atoms with van der Waals surface area (Å²) in [6, 6.07) is 0.587. The molecule has 0 atom stereocenters. The minimum atomic E-state index is 0.0934. The van der Waals surface area contributed by atoms with Crippen LogP contribution in [0.15, 0.2) is 0 Å². The predicted octanol–water partition coefficient (Wildman–Crippen LogP) is 1.08. The number of hydrogen-bond acceptors (Lipinski definition) is 3. The largest absolute Gasteiger partial charge is 0.355 e. The Hall–Kier alpha value is -0.610. The number of nitrogens with zero attached hydrogens (tertiary/aromatic N) is 1. The molecule has 4 nitrogen and oxygen atoms in total. The Morgan fingerprint density at radius 2 is 1.88 bits per heavy atom. The van der Waals surface area contributed by atoms with Crippen molar-refractivity contribution in [1.82, 2.24) is 15.5 Å². The van der Waals surface area contributed by atoms with Gasteiger partial charge in [-0.2, -0.15) is 0 Å². The van der Waals surface area contributed by atoms with Crippen LogP contribution >= 0.6 is 0 Å². The van der Waals surface area contributed by atoms with E-state index < -0.39 is 0 Å². The van der Waals surface area contributed by atoms with Gasteiger partial charge in [0, 0.05) is 12.6 Å². The maximum absolute atomic E-state index is 11.4. The lowest BCUT2D eigenvalue weighted by atomic mass is 10.2. The average molecular weight is 243 g/mol. The van der Waals surface area contributed by atoms with E-state index in [1.165, 1.54) is 0 Å². The molecule has 0 heterocycles. The molecule has 0 spiro atoms. The van der Waals surface area contributed by atoms with Crippen LogP contribution in [0.1, 0.15) is 34.1 Å². The Labute approximate surface area is 106 Å². The Morgan fingerprint density at radius 1 is 1.24 bits per heavy atom. The number of carbonyl (C=O) groups is 1. The summed E-state index contributed by atoms with van der Waals surface area (Å²) in [6.07, 6.45) is 1.08. The van der Waals surface area contributed by atoms with Gasteiger partial charge in [0.2, 0.25) is 5.91 Å². The summed E-state index contributed by atoms with van der Waals surface area (Å²) in [5, 5.41) is 6.05. The van der Waals surface area contributed by atoms with Crippen LogP contribution in [-0.4, -0.2) is 50.1 Å². The summed E-state index contributed by atoms with van der Waals surface area (Å²) in [4.78, 5) is 13.7. The van der Waals surface area contributed by atoms with Gasteiger partial charge >= 0.3 is 0 Å². The molecule has 0 unspecified atom stereocenters. The normalized spacial score (nSPS) is 11.5. The summed E-state index contributed by atoms with van der Waals surface area (Å²) < 4.78 is 0. The van der Waals surface area contributed by atoms with Crippen molar-refractivity contribution < 1.29 is 4.79 Å². The molecule has 0 aromatic rings. The zero-order chi connectivity index (χ0) is 13.3. The SMILES string of the molecule is CC(C)CNC(=O)CNCCCN(C)C(C)C. The highest BCUT2D eigenvalue weighted by Gasteiger charge is 2.03. The first kappa shape index (κ1) is 16.4. The molecule has 17 heavy (non-hydrogen) atoms. The van der Waals surface area contributed by atoms with Crippen molar-refractivity contribution in [2.75, 3.05) is 33.2 Å². The minimum Gasteiger partial charge on any atom is -0.355 e. The van der Waals surface area contributed by atoms with Crippen LogP contribution in [0.4, 0.5) is 0 Å². The zero-order valence-corrected chi connectivity index (χ0v) is 12.0. The fraction of sp³-hybridized carbons (Fsp3) is 0.923. The molecule has 1 amide bonds. The molecule has 0 aromatic carbocycles. The fourth-order valence-corrected chi connectivity index (χ4v) is 1.29. The lowest BCUT2D eigenvalue weighted by molar-refractivity contribution is -0.120. The second-order valence-electron chi connectivity index (χ2n) is 5.30. The number of hydrogen-bond donors (Lipinski definition) is 2. The van der Waals surface area contributed by atoms with Crippen LogP contribution in [0.25, 0.3) is 0 Å². The molecule has 0 radical (unpaired) electrons. The van der Waals surface area contributed by atoms with Crippen molar-refractivity contribution in [3.63, 3.8) is 0 Å². The molecule has 0 aromatic heterocycles. The van der Waals surface area contributed by atoms with E-state index in [0.29, 0.717) is 18.5 Å². The molecule has 4 heteroatoms. The third-order valence-corrected chi connectivity index (χ3v) is 2.74. The van der Waals surface area contributed by atoms with Gasteiger partial charge in [-0.25, -0.2) is 0 Å². The van der Waals surface area contributed by atoms with E-state index >= 15 is 0 Å². The van der Waals surface area contributed by atoms with Crippen LogP contribution in [0.2, 0.25) is 0 Å². The molecule has 0 saturated carbocycles. The van der Waals surface area contributed by atoms with Crippen LogP contribution in [0.5, 0.6) is 0 Å². The standard InChI is InChI=1S/C13H29N3O/c1-11(2)9-15-13(17)10-14-7-6-8-16(5)12(3)4/h11-12,14H,6-10H2,1-5H3,(H,15,17). The topological polar surface area (TPSA) is 44.4 Å². The van der Waals surface area contributed by atoms with E-state index in [1.54, 1.807) is 0 Å². The number of nitrogens with one attached hydrogen (secondary N) is 2. The first-order chi connectivity index (χ1) is 7.93. The highest BCUT2D eigenvalue weighted by atomic mass is 16.1. The molecular formula is C13H29N3O. The number of amides is 1. The Balaban J connectivity index is 3.36. The smallest absolute Gasteiger partial charge is 0.233 e. The Bertz CT molecular complexity index is 205. The summed E-state index contributed by atoms with van der Waals surface area (Å²) in [6.45, 7) is 11.7. The van der Waals surface area contributed by atoms with E-state index in [4.69, 9.17) is 0 Å². The zero-order valence-electron chi connectivity index (χ0n) is 12.0. The van der Waals surface area contributed by atoms with E-state index in [0.717, 1.165) is 26.1 Å². The van der Waals surface area contributed by atoms with Crippen molar-refractivity contribution in [2.45, 2.75) is 40.2 Å².